The summed E-state index contributed by atoms with van der Waals surface area (Å²) in [6.45, 7) is 3.61. The van der Waals surface area contributed by atoms with Crippen LogP contribution >= 0.6 is 0 Å². The fourth-order valence-electron chi connectivity index (χ4n) is 2.38. The molecule has 0 radical (unpaired) electrons. The van der Waals surface area contributed by atoms with Crippen LogP contribution < -0.4 is 11.5 Å². The summed E-state index contributed by atoms with van der Waals surface area (Å²) in [5, 5.41) is 0. The number of hydrogen-bond donors (Lipinski definition) is 2. The number of amides is 2. The molecule has 2 amide bonds. The maximum atomic E-state index is 12.2. The number of carbonyl (C=O) groups is 2. The van der Waals surface area contributed by atoms with Crippen molar-refractivity contribution in [3.8, 4) is 0 Å². The molecule has 0 aromatic heterocycles. The topological polar surface area (TPSA) is 102 Å². The highest BCUT2D eigenvalue weighted by atomic mass is 16.5. The first-order chi connectivity index (χ1) is 9.54. The Bertz CT molecular complexity index is 325. The molecule has 1 rings (SSSR count). The number of carbonyl (C=O) groups excluding carboxylic acids is 2. The molecule has 1 aliphatic rings. The van der Waals surface area contributed by atoms with Gasteiger partial charge in [-0.1, -0.05) is 0 Å². The number of ether oxygens (including phenoxy) is 1. The molecular formula is C13H26N4O3. The Balaban J connectivity index is 2.39. The van der Waals surface area contributed by atoms with E-state index in [9.17, 15) is 9.59 Å². The number of primary amides is 1. The molecule has 1 fully saturated rings. The fraction of sp³-hybridized carbons (Fsp3) is 0.846. The third-order valence-corrected chi connectivity index (χ3v) is 3.46. The Kier molecular flexibility index (Phi) is 7.50. The van der Waals surface area contributed by atoms with Crippen LogP contribution in [0.5, 0.6) is 0 Å². The van der Waals surface area contributed by atoms with Crippen molar-refractivity contribution in [2.45, 2.75) is 25.3 Å². The van der Waals surface area contributed by atoms with Gasteiger partial charge in [0.25, 0.3) is 0 Å². The average Bonchev–Trinajstić information content (AvgIpc) is 2.63. The Morgan fingerprint density at radius 1 is 1.25 bits per heavy atom. The van der Waals surface area contributed by atoms with E-state index >= 15 is 0 Å². The van der Waals surface area contributed by atoms with Crippen molar-refractivity contribution in [1.82, 2.24) is 9.80 Å². The van der Waals surface area contributed by atoms with Gasteiger partial charge in [-0.3, -0.25) is 14.5 Å². The van der Waals surface area contributed by atoms with Crippen molar-refractivity contribution >= 4 is 11.8 Å². The third kappa shape index (κ3) is 5.85. The molecule has 1 saturated heterocycles. The molecule has 0 bridgehead atoms. The summed E-state index contributed by atoms with van der Waals surface area (Å²) >= 11 is 0. The molecule has 116 valence electrons. The van der Waals surface area contributed by atoms with Crippen LogP contribution in [0.4, 0.5) is 0 Å². The minimum Gasteiger partial charge on any atom is -0.385 e. The van der Waals surface area contributed by atoms with Gasteiger partial charge in [-0.2, -0.15) is 0 Å². The maximum Gasteiger partial charge on any atom is 0.239 e. The number of rotatable bonds is 7. The predicted octanol–water partition coefficient (Wildman–Crippen LogP) is -1.24. The van der Waals surface area contributed by atoms with E-state index in [4.69, 9.17) is 16.2 Å². The lowest BCUT2D eigenvalue weighted by Crippen LogP contribution is -2.45. The van der Waals surface area contributed by atoms with Crippen molar-refractivity contribution in [3.05, 3.63) is 0 Å². The molecule has 0 aromatic rings. The summed E-state index contributed by atoms with van der Waals surface area (Å²) in [4.78, 5) is 26.9. The number of nitrogens with zero attached hydrogens (tertiary/aromatic N) is 2. The summed E-state index contributed by atoms with van der Waals surface area (Å²) in [7, 11) is 1.63. The smallest absolute Gasteiger partial charge is 0.239 e. The van der Waals surface area contributed by atoms with Gasteiger partial charge in [0.15, 0.2) is 0 Å². The molecule has 0 saturated carbocycles. The van der Waals surface area contributed by atoms with Crippen molar-refractivity contribution in [1.29, 1.82) is 0 Å². The average molecular weight is 286 g/mol. The minimum atomic E-state index is -0.465. The zero-order valence-corrected chi connectivity index (χ0v) is 12.2. The highest BCUT2D eigenvalue weighted by Crippen LogP contribution is 2.06. The lowest BCUT2D eigenvalue weighted by Gasteiger charge is -2.24. The number of methoxy groups -OCH3 is 1. The zero-order valence-electron chi connectivity index (χ0n) is 12.2. The molecule has 1 unspecified atom stereocenters. The van der Waals surface area contributed by atoms with E-state index in [1.807, 2.05) is 4.90 Å². The molecule has 0 aliphatic carbocycles. The van der Waals surface area contributed by atoms with Gasteiger partial charge in [-0.25, -0.2) is 0 Å². The standard InChI is InChI=1S/C13H26N4O3/c1-20-9-2-4-11(14)13(19)17-6-3-5-16(7-8-17)10-12(15)18/h11H,2-10,14H2,1H3,(H2,15,18). The predicted molar refractivity (Wildman–Crippen MR) is 75.9 cm³/mol. The molecule has 7 nitrogen and oxygen atoms in total. The summed E-state index contributed by atoms with van der Waals surface area (Å²) in [6.07, 6.45) is 2.25. The van der Waals surface area contributed by atoms with Gasteiger partial charge >= 0.3 is 0 Å². The van der Waals surface area contributed by atoms with E-state index in [0.717, 1.165) is 19.4 Å². The molecular weight excluding hydrogens is 260 g/mol. The van der Waals surface area contributed by atoms with Crippen molar-refractivity contribution in [2.75, 3.05) is 46.4 Å². The molecule has 4 N–H and O–H groups in total. The highest BCUT2D eigenvalue weighted by molar-refractivity contribution is 5.81. The first-order valence-electron chi connectivity index (χ1n) is 7.08. The van der Waals surface area contributed by atoms with Crippen molar-refractivity contribution in [2.24, 2.45) is 11.5 Å². The summed E-state index contributed by atoms with van der Waals surface area (Å²) in [5.74, 6) is -0.344. The monoisotopic (exact) mass is 286 g/mol. The second kappa shape index (κ2) is 8.89. The first-order valence-corrected chi connectivity index (χ1v) is 7.08. The van der Waals surface area contributed by atoms with E-state index in [1.165, 1.54) is 0 Å². The molecule has 0 aromatic carbocycles. The Labute approximate surface area is 120 Å². The SMILES string of the molecule is COCCCC(N)C(=O)N1CCCN(CC(N)=O)CC1. The third-order valence-electron chi connectivity index (χ3n) is 3.46. The molecule has 0 spiro atoms. The van der Waals surface area contributed by atoms with E-state index in [1.54, 1.807) is 12.0 Å². The van der Waals surface area contributed by atoms with Crippen LogP contribution in [0.1, 0.15) is 19.3 Å². The van der Waals surface area contributed by atoms with Gasteiger partial charge in [0.1, 0.15) is 0 Å². The molecule has 1 heterocycles. The van der Waals surface area contributed by atoms with Gasteiger partial charge in [0.2, 0.25) is 11.8 Å². The van der Waals surface area contributed by atoms with Crippen LogP contribution in [-0.2, 0) is 14.3 Å². The van der Waals surface area contributed by atoms with E-state index in [-0.39, 0.29) is 18.4 Å². The van der Waals surface area contributed by atoms with Crippen LogP contribution in [0.25, 0.3) is 0 Å². The Hall–Kier alpha value is -1.18. The van der Waals surface area contributed by atoms with E-state index in [2.05, 4.69) is 0 Å². The minimum absolute atomic E-state index is 0.0120. The van der Waals surface area contributed by atoms with Gasteiger partial charge in [0, 0.05) is 39.9 Å². The van der Waals surface area contributed by atoms with Gasteiger partial charge in [0.05, 0.1) is 12.6 Å². The highest BCUT2D eigenvalue weighted by Gasteiger charge is 2.23. The molecule has 1 atom stereocenters. The zero-order chi connectivity index (χ0) is 15.0. The van der Waals surface area contributed by atoms with Gasteiger partial charge in [-0.05, 0) is 19.3 Å². The number of hydrogen-bond acceptors (Lipinski definition) is 5. The van der Waals surface area contributed by atoms with Crippen LogP contribution in [0, 0.1) is 0 Å². The lowest BCUT2D eigenvalue weighted by atomic mass is 10.1. The number of nitrogens with two attached hydrogens (primary N) is 2. The largest absolute Gasteiger partial charge is 0.385 e. The second-order valence-corrected chi connectivity index (χ2v) is 5.16. The Morgan fingerprint density at radius 3 is 2.65 bits per heavy atom. The molecule has 7 heteroatoms. The Morgan fingerprint density at radius 2 is 2.00 bits per heavy atom. The summed E-state index contributed by atoms with van der Waals surface area (Å²) in [6, 6.07) is -0.465. The van der Waals surface area contributed by atoms with E-state index < -0.39 is 6.04 Å². The van der Waals surface area contributed by atoms with Crippen LogP contribution in [-0.4, -0.2) is 74.1 Å². The van der Waals surface area contributed by atoms with Gasteiger partial charge < -0.3 is 21.1 Å². The van der Waals surface area contributed by atoms with Crippen molar-refractivity contribution in [3.63, 3.8) is 0 Å². The molecule has 1 aliphatic heterocycles. The molecule has 20 heavy (non-hydrogen) atoms. The van der Waals surface area contributed by atoms with Crippen LogP contribution in [0.3, 0.4) is 0 Å². The first kappa shape index (κ1) is 16.9. The second-order valence-electron chi connectivity index (χ2n) is 5.16. The van der Waals surface area contributed by atoms with Gasteiger partial charge in [-0.15, -0.1) is 0 Å². The maximum absolute atomic E-state index is 12.2. The fourth-order valence-corrected chi connectivity index (χ4v) is 2.38. The van der Waals surface area contributed by atoms with Crippen molar-refractivity contribution < 1.29 is 14.3 Å². The lowest BCUT2D eigenvalue weighted by molar-refractivity contribution is -0.132. The quantitative estimate of drug-likeness (QED) is 0.570. The van der Waals surface area contributed by atoms with E-state index in [0.29, 0.717) is 32.7 Å². The normalized spacial score (nSPS) is 18.6. The van der Waals surface area contributed by atoms with Crippen LogP contribution in [0.15, 0.2) is 0 Å². The summed E-state index contributed by atoms with van der Waals surface area (Å²) < 4.78 is 4.96. The summed E-state index contributed by atoms with van der Waals surface area (Å²) in [5.41, 5.74) is 11.1. The van der Waals surface area contributed by atoms with Crippen LogP contribution in [0.2, 0.25) is 0 Å².